The third-order valence-corrected chi connectivity index (χ3v) is 1.80. The molecule has 0 atom stereocenters. The van der Waals surface area contributed by atoms with E-state index in [0.29, 0.717) is 0 Å². The molecule has 1 rings (SSSR count). The Hall–Kier alpha value is -0.800. The number of ether oxygens (including phenoxy) is 1. The normalized spacial score (nSPS) is 10.6. The van der Waals surface area contributed by atoms with Gasteiger partial charge in [-0.2, -0.15) is 0 Å². The molecule has 0 aliphatic heterocycles. The van der Waals surface area contributed by atoms with Gasteiger partial charge in [0, 0.05) is 13.7 Å². The van der Waals surface area contributed by atoms with E-state index in [1.165, 1.54) is 0 Å². The molecular formula is C10H17NO2. The molecule has 0 aliphatic carbocycles. The van der Waals surface area contributed by atoms with Gasteiger partial charge in [-0.3, -0.25) is 0 Å². The minimum absolute atomic E-state index is 0.803. The second-order valence-corrected chi connectivity index (χ2v) is 3.04. The molecule has 0 saturated heterocycles. The maximum atomic E-state index is 5.40. The summed E-state index contributed by atoms with van der Waals surface area (Å²) in [5.41, 5.74) is 0. The summed E-state index contributed by atoms with van der Waals surface area (Å²) in [6.07, 6.45) is 1.04. The zero-order valence-corrected chi connectivity index (χ0v) is 8.30. The van der Waals surface area contributed by atoms with Crippen LogP contribution in [0, 0.1) is 6.92 Å². The van der Waals surface area contributed by atoms with E-state index in [0.717, 1.165) is 37.6 Å². The summed E-state index contributed by atoms with van der Waals surface area (Å²) in [7, 11) is 1.72. The van der Waals surface area contributed by atoms with Crippen LogP contribution in [0.4, 0.5) is 0 Å². The van der Waals surface area contributed by atoms with E-state index >= 15 is 0 Å². The zero-order chi connectivity index (χ0) is 9.52. The van der Waals surface area contributed by atoms with E-state index in [9.17, 15) is 0 Å². The Labute approximate surface area is 79.1 Å². The van der Waals surface area contributed by atoms with Gasteiger partial charge < -0.3 is 14.5 Å². The van der Waals surface area contributed by atoms with Crippen LogP contribution in [0.1, 0.15) is 17.9 Å². The van der Waals surface area contributed by atoms with Gasteiger partial charge in [-0.05, 0) is 32.0 Å². The van der Waals surface area contributed by atoms with Crippen molar-refractivity contribution in [2.45, 2.75) is 19.9 Å². The van der Waals surface area contributed by atoms with Gasteiger partial charge in [0.2, 0.25) is 0 Å². The molecule has 0 aliphatic rings. The summed E-state index contributed by atoms with van der Waals surface area (Å²) in [5, 5.41) is 3.28. The van der Waals surface area contributed by atoms with E-state index in [2.05, 4.69) is 5.32 Å². The number of aryl methyl sites for hydroxylation is 1. The first kappa shape index (κ1) is 10.3. The standard InChI is InChI=1S/C10H17NO2/c1-9-4-5-10(13-9)8-11-6-3-7-12-2/h4-5,11H,3,6-8H2,1-2H3. The summed E-state index contributed by atoms with van der Waals surface area (Å²) in [5.74, 6) is 1.96. The van der Waals surface area contributed by atoms with E-state index in [-0.39, 0.29) is 0 Å². The lowest BCUT2D eigenvalue weighted by Crippen LogP contribution is -2.15. The van der Waals surface area contributed by atoms with E-state index in [1.807, 2.05) is 19.1 Å². The first-order valence-corrected chi connectivity index (χ1v) is 4.58. The number of rotatable bonds is 6. The summed E-state index contributed by atoms with van der Waals surface area (Å²) >= 11 is 0. The molecule has 0 spiro atoms. The van der Waals surface area contributed by atoms with Crippen LogP contribution >= 0.6 is 0 Å². The van der Waals surface area contributed by atoms with Crippen molar-refractivity contribution >= 4 is 0 Å². The van der Waals surface area contributed by atoms with Crippen LogP contribution in [0.2, 0.25) is 0 Å². The van der Waals surface area contributed by atoms with Gasteiger partial charge in [0.1, 0.15) is 11.5 Å². The highest BCUT2D eigenvalue weighted by Crippen LogP contribution is 2.04. The second kappa shape index (κ2) is 5.78. The quantitative estimate of drug-likeness (QED) is 0.682. The largest absolute Gasteiger partial charge is 0.465 e. The molecule has 74 valence electrons. The molecule has 0 fully saturated rings. The molecule has 3 heteroatoms. The number of hydrogen-bond donors (Lipinski definition) is 1. The van der Waals surface area contributed by atoms with E-state index in [4.69, 9.17) is 9.15 Å². The molecular weight excluding hydrogens is 166 g/mol. The average molecular weight is 183 g/mol. The predicted molar refractivity (Wildman–Crippen MR) is 51.6 cm³/mol. The Kier molecular flexibility index (Phi) is 4.57. The highest BCUT2D eigenvalue weighted by molar-refractivity contribution is 5.04. The van der Waals surface area contributed by atoms with Crippen LogP contribution in [0.15, 0.2) is 16.5 Å². The summed E-state index contributed by atoms with van der Waals surface area (Å²) in [6, 6.07) is 3.98. The van der Waals surface area contributed by atoms with Crippen molar-refractivity contribution < 1.29 is 9.15 Å². The Balaban J connectivity index is 2.06. The lowest BCUT2D eigenvalue weighted by Gasteiger charge is -2.01. The summed E-state index contributed by atoms with van der Waals surface area (Å²) < 4.78 is 10.3. The Bertz CT molecular complexity index is 233. The average Bonchev–Trinajstić information content (AvgIpc) is 2.51. The maximum Gasteiger partial charge on any atom is 0.117 e. The van der Waals surface area contributed by atoms with Gasteiger partial charge in [-0.1, -0.05) is 0 Å². The first-order valence-electron chi connectivity index (χ1n) is 4.58. The molecule has 3 nitrogen and oxygen atoms in total. The fraction of sp³-hybridized carbons (Fsp3) is 0.600. The Morgan fingerprint density at radius 1 is 1.46 bits per heavy atom. The van der Waals surface area contributed by atoms with Gasteiger partial charge in [0.05, 0.1) is 6.54 Å². The SMILES string of the molecule is COCCCNCc1ccc(C)o1. The maximum absolute atomic E-state index is 5.40. The number of hydrogen-bond acceptors (Lipinski definition) is 3. The van der Waals surface area contributed by atoms with Gasteiger partial charge in [0.15, 0.2) is 0 Å². The molecule has 0 bridgehead atoms. The Morgan fingerprint density at radius 2 is 2.31 bits per heavy atom. The van der Waals surface area contributed by atoms with Crippen molar-refractivity contribution in [3.05, 3.63) is 23.7 Å². The summed E-state index contributed by atoms with van der Waals surface area (Å²) in [4.78, 5) is 0. The van der Waals surface area contributed by atoms with Gasteiger partial charge in [0.25, 0.3) is 0 Å². The lowest BCUT2D eigenvalue weighted by molar-refractivity contribution is 0.194. The van der Waals surface area contributed by atoms with Gasteiger partial charge in [-0.25, -0.2) is 0 Å². The smallest absolute Gasteiger partial charge is 0.117 e. The first-order chi connectivity index (χ1) is 6.33. The zero-order valence-electron chi connectivity index (χ0n) is 8.30. The van der Waals surface area contributed by atoms with E-state index < -0.39 is 0 Å². The van der Waals surface area contributed by atoms with Crippen molar-refractivity contribution in [2.24, 2.45) is 0 Å². The lowest BCUT2D eigenvalue weighted by atomic mass is 10.4. The molecule has 13 heavy (non-hydrogen) atoms. The molecule has 1 heterocycles. The van der Waals surface area contributed by atoms with Gasteiger partial charge >= 0.3 is 0 Å². The number of nitrogens with one attached hydrogen (secondary N) is 1. The van der Waals surface area contributed by atoms with Crippen molar-refractivity contribution in [1.82, 2.24) is 5.32 Å². The molecule has 1 N–H and O–H groups in total. The molecule has 1 aromatic heterocycles. The minimum atomic E-state index is 0.803. The molecule has 0 aromatic carbocycles. The van der Waals surface area contributed by atoms with Crippen LogP contribution < -0.4 is 5.32 Å². The third-order valence-electron chi connectivity index (χ3n) is 1.80. The highest BCUT2D eigenvalue weighted by atomic mass is 16.5. The van der Waals surface area contributed by atoms with E-state index in [1.54, 1.807) is 7.11 Å². The fourth-order valence-corrected chi connectivity index (χ4v) is 1.13. The highest BCUT2D eigenvalue weighted by Gasteiger charge is 1.96. The second-order valence-electron chi connectivity index (χ2n) is 3.04. The fourth-order valence-electron chi connectivity index (χ4n) is 1.13. The van der Waals surface area contributed by atoms with Crippen molar-refractivity contribution in [2.75, 3.05) is 20.3 Å². The minimum Gasteiger partial charge on any atom is -0.465 e. The molecule has 0 saturated carbocycles. The molecule has 0 unspecified atom stereocenters. The number of methoxy groups -OCH3 is 1. The topological polar surface area (TPSA) is 34.4 Å². The molecule has 0 amide bonds. The third kappa shape index (κ3) is 4.10. The Morgan fingerprint density at radius 3 is 2.92 bits per heavy atom. The van der Waals surface area contributed by atoms with Crippen molar-refractivity contribution in [1.29, 1.82) is 0 Å². The summed E-state index contributed by atoms with van der Waals surface area (Å²) in [6.45, 7) is 4.53. The van der Waals surface area contributed by atoms with Crippen LogP contribution in [0.5, 0.6) is 0 Å². The predicted octanol–water partition coefficient (Wildman–Crippen LogP) is 1.71. The molecule has 1 aromatic rings. The van der Waals surface area contributed by atoms with Gasteiger partial charge in [-0.15, -0.1) is 0 Å². The van der Waals surface area contributed by atoms with Crippen LogP contribution in [-0.4, -0.2) is 20.3 Å². The monoisotopic (exact) mass is 183 g/mol. The number of furan rings is 1. The van der Waals surface area contributed by atoms with Crippen LogP contribution in [0.25, 0.3) is 0 Å². The van der Waals surface area contributed by atoms with Crippen molar-refractivity contribution in [3.63, 3.8) is 0 Å². The molecule has 0 radical (unpaired) electrons. The van der Waals surface area contributed by atoms with Crippen LogP contribution in [-0.2, 0) is 11.3 Å². The van der Waals surface area contributed by atoms with Crippen LogP contribution in [0.3, 0.4) is 0 Å². The van der Waals surface area contributed by atoms with Crippen molar-refractivity contribution in [3.8, 4) is 0 Å².